The zero-order chi connectivity index (χ0) is 16.7. The number of Topliss-reactive ketones (excluding diaryl/α,β-unsaturated/α-hetero) is 1. The third-order valence-corrected chi connectivity index (χ3v) is 2.99. The molecule has 7 nitrogen and oxygen atoms in total. The number of hydrogen-bond donors (Lipinski definition) is 3. The van der Waals surface area contributed by atoms with Crippen LogP contribution in [0.25, 0.3) is 0 Å². The van der Waals surface area contributed by atoms with Crippen molar-refractivity contribution in [1.82, 2.24) is 10.6 Å². The van der Waals surface area contributed by atoms with Gasteiger partial charge in [-0.2, -0.15) is 0 Å². The summed E-state index contributed by atoms with van der Waals surface area (Å²) < 4.78 is 4.94. The van der Waals surface area contributed by atoms with E-state index in [2.05, 4.69) is 16.0 Å². The van der Waals surface area contributed by atoms with Crippen molar-refractivity contribution in [3.05, 3.63) is 54.0 Å². The number of benzene rings is 1. The lowest BCUT2D eigenvalue weighted by Crippen LogP contribution is -2.36. The fraction of sp³-hybridized carbons (Fsp3) is 0.188. The Labute approximate surface area is 133 Å². The highest BCUT2D eigenvalue weighted by atomic mass is 16.3. The van der Waals surface area contributed by atoms with E-state index in [0.29, 0.717) is 11.3 Å². The van der Waals surface area contributed by atoms with Crippen LogP contribution in [0.5, 0.6) is 0 Å². The standard InChI is InChI=1S/C16H17N3O4/c1-11(20)12-4-6-13(7-5-12)19-16(22)18-9-8-17-15(21)14-3-2-10-23-14/h2-7,10H,8-9H2,1H3,(H,17,21)(H2,18,19,22). The third kappa shape index (κ3) is 4.99. The van der Waals surface area contributed by atoms with E-state index < -0.39 is 6.03 Å². The third-order valence-electron chi connectivity index (χ3n) is 2.99. The van der Waals surface area contributed by atoms with E-state index in [-0.39, 0.29) is 30.5 Å². The van der Waals surface area contributed by atoms with Gasteiger partial charge in [0.2, 0.25) is 0 Å². The first-order valence-electron chi connectivity index (χ1n) is 7.04. The smallest absolute Gasteiger partial charge is 0.319 e. The molecule has 0 spiro atoms. The van der Waals surface area contributed by atoms with Gasteiger partial charge in [-0.05, 0) is 43.3 Å². The zero-order valence-corrected chi connectivity index (χ0v) is 12.6. The van der Waals surface area contributed by atoms with Crippen molar-refractivity contribution < 1.29 is 18.8 Å². The van der Waals surface area contributed by atoms with Gasteiger partial charge in [-0.25, -0.2) is 4.79 Å². The van der Waals surface area contributed by atoms with Crippen molar-refractivity contribution in [3.8, 4) is 0 Å². The van der Waals surface area contributed by atoms with E-state index in [0.717, 1.165) is 0 Å². The molecule has 0 saturated heterocycles. The maximum absolute atomic E-state index is 11.7. The van der Waals surface area contributed by atoms with Crippen molar-refractivity contribution in [2.45, 2.75) is 6.92 Å². The number of amides is 3. The van der Waals surface area contributed by atoms with Crippen LogP contribution in [-0.2, 0) is 0 Å². The van der Waals surface area contributed by atoms with Gasteiger partial charge in [0, 0.05) is 24.3 Å². The largest absolute Gasteiger partial charge is 0.459 e. The van der Waals surface area contributed by atoms with Gasteiger partial charge in [-0.15, -0.1) is 0 Å². The molecule has 1 aromatic carbocycles. The molecule has 120 valence electrons. The van der Waals surface area contributed by atoms with E-state index in [1.54, 1.807) is 36.4 Å². The first kappa shape index (κ1) is 16.3. The summed E-state index contributed by atoms with van der Waals surface area (Å²) in [6.07, 6.45) is 1.41. The predicted molar refractivity (Wildman–Crippen MR) is 84.5 cm³/mol. The predicted octanol–water partition coefficient (Wildman–Crippen LogP) is 2.03. The van der Waals surface area contributed by atoms with Crippen molar-refractivity contribution in [2.75, 3.05) is 18.4 Å². The number of anilines is 1. The van der Waals surface area contributed by atoms with Crippen LogP contribution < -0.4 is 16.0 Å². The summed E-state index contributed by atoms with van der Waals surface area (Å²) in [5, 5.41) is 7.85. The summed E-state index contributed by atoms with van der Waals surface area (Å²) in [7, 11) is 0. The van der Waals surface area contributed by atoms with Crippen molar-refractivity contribution in [3.63, 3.8) is 0 Å². The maximum atomic E-state index is 11.7. The van der Waals surface area contributed by atoms with Gasteiger partial charge in [-0.1, -0.05) is 0 Å². The molecule has 2 aromatic rings. The number of hydrogen-bond acceptors (Lipinski definition) is 4. The Hall–Kier alpha value is -3.09. The van der Waals surface area contributed by atoms with Gasteiger partial charge in [0.25, 0.3) is 5.91 Å². The fourth-order valence-corrected chi connectivity index (χ4v) is 1.81. The molecule has 0 saturated carbocycles. The monoisotopic (exact) mass is 315 g/mol. The minimum absolute atomic E-state index is 0.0340. The molecule has 2 rings (SSSR count). The highest BCUT2D eigenvalue weighted by Crippen LogP contribution is 2.09. The number of carbonyl (C=O) groups is 3. The Morgan fingerprint density at radius 1 is 1.00 bits per heavy atom. The van der Waals surface area contributed by atoms with Crippen LogP contribution in [0.2, 0.25) is 0 Å². The Morgan fingerprint density at radius 2 is 1.70 bits per heavy atom. The molecular formula is C16H17N3O4. The van der Waals surface area contributed by atoms with Crippen molar-refractivity contribution in [2.24, 2.45) is 0 Å². The molecule has 0 bridgehead atoms. The van der Waals surface area contributed by atoms with E-state index in [9.17, 15) is 14.4 Å². The van der Waals surface area contributed by atoms with Crippen LogP contribution in [0.4, 0.5) is 10.5 Å². The van der Waals surface area contributed by atoms with Gasteiger partial charge in [0.1, 0.15) is 0 Å². The molecule has 0 atom stereocenters. The first-order chi connectivity index (χ1) is 11.1. The Balaban J connectivity index is 1.69. The number of furan rings is 1. The molecule has 0 aliphatic rings. The normalized spacial score (nSPS) is 9.96. The van der Waals surface area contributed by atoms with Gasteiger partial charge < -0.3 is 20.4 Å². The summed E-state index contributed by atoms with van der Waals surface area (Å²) in [6.45, 7) is 2.02. The SMILES string of the molecule is CC(=O)c1ccc(NC(=O)NCCNC(=O)c2ccco2)cc1. The highest BCUT2D eigenvalue weighted by molar-refractivity contribution is 5.95. The van der Waals surface area contributed by atoms with E-state index in [4.69, 9.17) is 4.42 Å². The summed E-state index contributed by atoms with van der Waals surface area (Å²) in [4.78, 5) is 34.4. The van der Waals surface area contributed by atoms with Gasteiger partial charge >= 0.3 is 6.03 Å². The van der Waals surface area contributed by atoms with Crippen LogP contribution >= 0.6 is 0 Å². The molecule has 0 unspecified atom stereocenters. The molecule has 0 radical (unpaired) electrons. The lowest BCUT2D eigenvalue weighted by molar-refractivity contribution is 0.0925. The number of nitrogens with one attached hydrogen (secondary N) is 3. The molecule has 0 aliphatic heterocycles. The molecule has 0 aliphatic carbocycles. The topological polar surface area (TPSA) is 100 Å². The second kappa shape index (κ2) is 7.79. The molecule has 3 amide bonds. The van der Waals surface area contributed by atoms with Crippen LogP contribution in [0.3, 0.4) is 0 Å². The molecule has 3 N–H and O–H groups in total. The average molecular weight is 315 g/mol. The van der Waals surface area contributed by atoms with Crippen molar-refractivity contribution in [1.29, 1.82) is 0 Å². The van der Waals surface area contributed by atoms with Crippen LogP contribution in [0, 0.1) is 0 Å². The maximum Gasteiger partial charge on any atom is 0.319 e. The Morgan fingerprint density at radius 3 is 2.30 bits per heavy atom. The summed E-state index contributed by atoms with van der Waals surface area (Å²) in [6, 6.07) is 9.36. The molecule has 23 heavy (non-hydrogen) atoms. The summed E-state index contributed by atoms with van der Waals surface area (Å²) in [5.74, 6) is -0.148. The van der Waals surface area contributed by atoms with E-state index in [1.807, 2.05) is 0 Å². The Bertz CT molecular complexity index is 678. The molecule has 1 heterocycles. The van der Waals surface area contributed by atoms with Gasteiger partial charge in [0.05, 0.1) is 6.26 Å². The number of carbonyl (C=O) groups excluding carboxylic acids is 3. The average Bonchev–Trinajstić information content (AvgIpc) is 3.06. The molecule has 1 aromatic heterocycles. The second-order valence-corrected chi connectivity index (χ2v) is 4.75. The number of rotatable bonds is 6. The van der Waals surface area contributed by atoms with E-state index in [1.165, 1.54) is 13.2 Å². The lowest BCUT2D eigenvalue weighted by atomic mass is 10.1. The van der Waals surface area contributed by atoms with Crippen LogP contribution in [0.15, 0.2) is 47.1 Å². The van der Waals surface area contributed by atoms with Gasteiger partial charge in [0.15, 0.2) is 11.5 Å². The lowest BCUT2D eigenvalue weighted by Gasteiger charge is -2.08. The van der Waals surface area contributed by atoms with E-state index >= 15 is 0 Å². The van der Waals surface area contributed by atoms with Crippen molar-refractivity contribution >= 4 is 23.4 Å². The minimum atomic E-state index is -0.396. The number of ketones is 1. The summed E-state index contributed by atoms with van der Waals surface area (Å²) >= 11 is 0. The van der Waals surface area contributed by atoms with Gasteiger partial charge in [-0.3, -0.25) is 9.59 Å². The minimum Gasteiger partial charge on any atom is -0.459 e. The highest BCUT2D eigenvalue weighted by Gasteiger charge is 2.07. The van der Waals surface area contributed by atoms with Crippen LogP contribution in [0.1, 0.15) is 27.8 Å². The fourth-order valence-electron chi connectivity index (χ4n) is 1.81. The zero-order valence-electron chi connectivity index (χ0n) is 12.6. The second-order valence-electron chi connectivity index (χ2n) is 4.75. The van der Waals surface area contributed by atoms with Crippen LogP contribution in [-0.4, -0.2) is 30.8 Å². The first-order valence-corrected chi connectivity index (χ1v) is 7.04. The number of urea groups is 1. The summed E-state index contributed by atoms with van der Waals surface area (Å²) in [5.41, 5.74) is 1.16. The molecule has 7 heteroatoms. The molecular weight excluding hydrogens is 298 g/mol. The Kier molecular flexibility index (Phi) is 5.51. The molecule has 0 fully saturated rings. The quantitative estimate of drug-likeness (QED) is 0.561.